The number of anilines is 2. The van der Waals surface area contributed by atoms with Crippen molar-refractivity contribution in [1.82, 2.24) is 9.44 Å². The van der Waals surface area contributed by atoms with E-state index in [-0.39, 0.29) is 22.8 Å². The Morgan fingerprint density at radius 1 is 0.897 bits per heavy atom. The Morgan fingerprint density at radius 2 is 1.46 bits per heavy atom. The molecular formula is C22H31ClN6O8S2. The number of nitrogens with zero attached hydrogens (tertiary/aromatic N) is 3. The van der Waals surface area contributed by atoms with Crippen LogP contribution in [-0.2, 0) is 32.3 Å². The third kappa shape index (κ3) is 9.28. The van der Waals surface area contributed by atoms with Crippen molar-refractivity contribution in [2.75, 3.05) is 35.8 Å². The highest BCUT2D eigenvalue weighted by molar-refractivity contribution is 8.12. The molecule has 17 heteroatoms. The van der Waals surface area contributed by atoms with Gasteiger partial charge in [-0.15, -0.1) is 0 Å². The van der Waals surface area contributed by atoms with Gasteiger partial charge in [-0.2, -0.15) is 21.6 Å². The van der Waals surface area contributed by atoms with E-state index < -0.39 is 24.4 Å². The molecule has 2 aromatic carbocycles. The van der Waals surface area contributed by atoms with Crippen molar-refractivity contribution in [2.45, 2.75) is 39.5 Å². The molecule has 0 saturated carbocycles. The first-order chi connectivity index (χ1) is 18.3. The summed E-state index contributed by atoms with van der Waals surface area (Å²) in [4.78, 5) is 20.8. The number of nitrogens with one attached hydrogen (secondary N) is 3. The van der Waals surface area contributed by atoms with Gasteiger partial charge in [0.1, 0.15) is 0 Å². The van der Waals surface area contributed by atoms with E-state index in [1.165, 1.54) is 16.4 Å². The topological polar surface area (TPSA) is 194 Å². The monoisotopic (exact) mass is 606 g/mol. The molecule has 0 radical (unpaired) electrons. The molecule has 0 amide bonds. The average Bonchev–Trinajstić information content (AvgIpc) is 2.87. The van der Waals surface area contributed by atoms with Gasteiger partial charge >= 0.3 is 10.2 Å². The van der Waals surface area contributed by atoms with Crippen molar-refractivity contribution in [2.24, 2.45) is 0 Å². The Balaban J connectivity index is 0.000000230. The molecular weight excluding hydrogens is 576 g/mol. The molecule has 216 valence electrons. The van der Waals surface area contributed by atoms with Crippen molar-refractivity contribution >= 4 is 52.9 Å². The minimum absolute atomic E-state index is 0.0195. The van der Waals surface area contributed by atoms with Gasteiger partial charge in [-0.05, 0) is 37.8 Å². The second kappa shape index (κ2) is 14.4. The molecule has 0 atom stereocenters. The van der Waals surface area contributed by atoms with Gasteiger partial charge in [0.05, 0.1) is 26.7 Å². The molecule has 39 heavy (non-hydrogen) atoms. The SMILES string of the molecule is CCNS(=O)(=O)Cl.CCNS(=O)(=O)N1CCCc2c1cccc2[N+](=O)[O-].O=[N+]([O-])c1cccc2c1CCCN2. The molecule has 2 aromatic rings. The third-order valence-electron chi connectivity index (χ3n) is 5.58. The van der Waals surface area contributed by atoms with Gasteiger partial charge in [0.15, 0.2) is 0 Å². The first-order valence-corrected chi connectivity index (χ1v) is 15.8. The number of rotatable bonds is 7. The van der Waals surface area contributed by atoms with Gasteiger partial charge in [0.2, 0.25) is 0 Å². The van der Waals surface area contributed by atoms with Crippen molar-refractivity contribution in [3.05, 3.63) is 67.8 Å². The van der Waals surface area contributed by atoms with Crippen LogP contribution in [0.3, 0.4) is 0 Å². The van der Waals surface area contributed by atoms with Crippen molar-refractivity contribution in [3.8, 4) is 0 Å². The highest BCUT2D eigenvalue weighted by atomic mass is 35.7. The largest absolute Gasteiger partial charge is 0.385 e. The Morgan fingerprint density at radius 3 is 2.00 bits per heavy atom. The van der Waals surface area contributed by atoms with Crippen molar-refractivity contribution in [1.29, 1.82) is 0 Å². The van der Waals surface area contributed by atoms with Crippen LogP contribution in [0.5, 0.6) is 0 Å². The fourth-order valence-corrected chi connectivity index (χ4v) is 6.08. The zero-order valence-electron chi connectivity index (χ0n) is 21.4. The lowest BCUT2D eigenvalue weighted by Gasteiger charge is -2.29. The van der Waals surface area contributed by atoms with E-state index in [4.69, 9.17) is 10.7 Å². The van der Waals surface area contributed by atoms with E-state index in [0.717, 1.165) is 30.6 Å². The van der Waals surface area contributed by atoms with Crippen LogP contribution in [0.2, 0.25) is 0 Å². The molecule has 0 unspecified atom stereocenters. The summed E-state index contributed by atoms with van der Waals surface area (Å²) in [5.74, 6) is 0. The summed E-state index contributed by atoms with van der Waals surface area (Å²) in [5, 5.41) is 24.8. The molecule has 2 aliphatic rings. The molecule has 3 N–H and O–H groups in total. The van der Waals surface area contributed by atoms with Gasteiger partial charge in [0.25, 0.3) is 20.6 Å². The Labute approximate surface area is 231 Å². The lowest BCUT2D eigenvalue weighted by Crippen LogP contribution is -2.43. The third-order valence-corrected chi connectivity index (χ3v) is 8.15. The molecule has 2 heterocycles. The predicted molar refractivity (Wildman–Crippen MR) is 150 cm³/mol. The molecule has 0 aromatic heterocycles. The lowest BCUT2D eigenvalue weighted by atomic mass is 10.0. The highest BCUT2D eigenvalue weighted by Crippen LogP contribution is 2.35. The van der Waals surface area contributed by atoms with E-state index in [1.54, 1.807) is 32.0 Å². The van der Waals surface area contributed by atoms with Crippen LogP contribution in [0.4, 0.5) is 22.7 Å². The molecule has 0 fully saturated rings. The van der Waals surface area contributed by atoms with E-state index >= 15 is 0 Å². The molecule has 4 rings (SSSR count). The second-order valence-corrected chi connectivity index (χ2v) is 12.3. The number of hydrogen-bond acceptors (Lipinski definition) is 9. The predicted octanol–water partition coefficient (Wildman–Crippen LogP) is 3.23. The van der Waals surface area contributed by atoms with Gasteiger partial charge in [0, 0.05) is 54.7 Å². The second-order valence-electron chi connectivity index (χ2n) is 8.24. The lowest BCUT2D eigenvalue weighted by molar-refractivity contribution is -0.385. The summed E-state index contributed by atoms with van der Waals surface area (Å²) in [7, 11) is -2.39. The van der Waals surface area contributed by atoms with Gasteiger partial charge in [-0.1, -0.05) is 26.0 Å². The quantitative estimate of drug-likeness (QED) is 0.241. The minimum Gasteiger partial charge on any atom is -0.385 e. The number of hydrogen-bond donors (Lipinski definition) is 3. The van der Waals surface area contributed by atoms with Gasteiger partial charge in [-0.25, -0.2) is 4.72 Å². The van der Waals surface area contributed by atoms with E-state index in [0.29, 0.717) is 37.2 Å². The van der Waals surface area contributed by atoms with Crippen LogP contribution in [0.15, 0.2) is 36.4 Å². The molecule has 0 spiro atoms. The van der Waals surface area contributed by atoms with Gasteiger partial charge < -0.3 is 5.32 Å². The average molecular weight is 607 g/mol. The molecule has 14 nitrogen and oxygen atoms in total. The minimum atomic E-state index is -3.63. The van der Waals surface area contributed by atoms with Crippen molar-refractivity contribution < 1.29 is 26.7 Å². The van der Waals surface area contributed by atoms with E-state index in [2.05, 4.69) is 10.0 Å². The number of benzene rings is 2. The van der Waals surface area contributed by atoms with Crippen LogP contribution in [0.25, 0.3) is 0 Å². The number of fused-ring (bicyclic) bond motifs is 2. The summed E-state index contributed by atoms with van der Waals surface area (Å²) in [6, 6.07) is 9.69. The Kier molecular flexibility index (Phi) is 11.8. The summed E-state index contributed by atoms with van der Waals surface area (Å²) >= 11 is 0. The highest BCUT2D eigenvalue weighted by Gasteiger charge is 2.30. The summed E-state index contributed by atoms with van der Waals surface area (Å²) in [6.45, 7) is 5.21. The summed E-state index contributed by atoms with van der Waals surface area (Å²) in [6.07, 6.45) is 2.87. The summed E-state index contributed by atoms with van der Waals surface area (Å²) < 4.78 is 49.6. The Hall–Kier alpha value is -3.05. The van der Waals surface area contributed by atoms with Crippen LogP contribution in [0.1, 0.15) is 37.8 Å². The number of nitro benzene ring substituents is 2. The van der Waals surface area contributed by atoms with Crippen molar-refractivity contribution in [3.63, 3.8) is 0 Å². The Bertz CT molecular complexity index is 1390. The smallest absolute Gasteiger partial charge is 0.301 e. The molecule has 2 aliphatic heterocycles. The van der Waals surface area contributed by atoms with Crippen LogP contribution >= 0.6 is 10.7 Å². The van der Waals surface area contributed by atoms with E-state index in [1.807, 2.05) is 10.8 Å². The zero-order chi connectivity index (χ0) is 29.2. The summed E-state index contributed by atoms with van der Waals surface area (Å²) in [5.41, 5.74) is 2.87. The fraction of sp³-hybridized carbons (Fsp3) is 0.455. The zero-order valence-corrected chi connectivity index (χ0v) is 23.8. The maximum Gasteiger partial charge on any atom is 0.301 e. The van der Waals surface area contributed by atoms with Crippen LogP contribution in [-0.4, -0.2) is 52.9 Å². The van der Waals surface area contributed by atoms with Crippen LogP contribution < -0.4 is 19.1 Å². The maximum absolute atomic E-state index is 12.1. The molecule has 0 aliphatic carbocycles. The normalized spacial score (nSPS) is 14.3. The van der Waals surface area contributed by atoms with Crippen LogP contribution in [0, 0.1) is 20.2 Å². The van der Waals surface area contributed by atoms with Gasteiger partial charge in [-0.3, -0.25) is 24.5 Å². The molecule has 0 bridgehead atoms. The number of nitro groups is 2. The first-order valence-electron chi connectivity index (χ1n) is 12.0. The molecule has 0 saturated heterocycles. The standard InChI is InChI=1S/C11H15N3O4S.C9H10N2O2.C2H6ClNO2S/c1-2-12-19(17,18)13-8-4-5-9-10(13)6-3-7-11(9)14(15)16;12-11(13)9-5-1-4-8-7(9)3-2-6-10-8;1-2-4-7(3,5)6/h3,6-7,12H,2,4-5,8H2,1H3;1,4-5,10H,2-3,6H2;4H,2H2,1H3. The first kappa shape index (κ1) is 32.2. The van der Waals surface area contributed by atoms with E-state index in [9.17, 15) is 37.1 Å². The maximum atomic E-state index is 12.1. The fourth-order valence-electron chi connectivity index (χ4n) is 4.09. The number of halogens is 1.